The number of benzene rings is 1. The highest BCUT2D eigenvalue weighted by Gasteiger charge is 2.21. The minimum absolute atomic E-state index is 0.317. The van der Waals surface area contributed by atoms with E-state index < -0.39 is 0 Å². The van der Waals surface area contributed by atoms with Crippen LogP contribution in [0, 0.1) is 5.92 Å². The summed E-state index contributed by atoms with van der Waals surface area (Å²) in [6.45, 7) is 0.708. The Morgan fingerprint density at radius 2 is 2.14 bits per heavy atom. The van der Waals surface area contributed by atoms with Gasteiger partial charge >= 0.3 is 6.03 Å². The highest BCUT2D eigenvalue weighted by molar-refractivity contribution is 6.34. The molecule has 7 heteroatoms. The van der Waals surface area contributed by atoms with Crippen molar-refractivity contribution in [1.82, 2.24) is 10.6 Å². The summed E-state index contributed by atoms with van der Waals surface area (Å²) in [5.74, 6) is 1.04. The molecule has 0 aromatic heterocycles. The summed E-state index contributed by atoms with van der Waals surface area (Å²) < 4.78 is 0. The van der Waals surface area contributed by atoms with Crippen LogP contribution in [0.2, 0.25) is 5.02 Å². The Bertz CT molecular complexity index is 569. The minimum atomic E-state index is -0.317. The maximum atomic E-state index is 11.5. The summed E-state index contributed by atoms with van der Waals surface area (Å²) in [7, 11) is 5.47. The fraction of sp³-hybridized carbons (Fsp3) is 0.467. The van der Waals surface area contributed by atoms with Gasteiger partial charge in [0.25, 0.3) is 0 Å². The molecule has 0 bridgehead atoms. The number of urea groups is 1. The van der Waals surface area contributed by atoms with Gasteiger partial charge in [-0.05, 0) is 37.0 Å². The van der Waals surface area contributed by atoms with E-state index in [0.717, 1.165) is 5.69 Å². The average molecular weight is 324 g/mol. The quantitative estimate of drug-likeness (QED) is 0.589. The number of hydrogen-bond donors (Lipinski definition) is 3. The lowest BCUT2D eigenvalue weighted by atomic mass is 10.2. The molecule has 0 saturated heterocycles. The van der Waals surface area contributed by atoms with Gasteiger partial charge in [0, 0.05) is 33.4 Å². The molecule has 0 radical (unpaired) electrons. The van der Waals surface area contributed by atoms with Gasteiger partial charge in [-0.2, -0.15) is 0 Å². The van der Waals surface area contributed by atoms with Gasteiger partial charge in [0.15, 0.2) is 0 Å². The molecule has 0 atom stereocenters. The molecule has 120 valence electrons. The third-order valence-corrected chi connectivity index (χ3v) is 3.70. The molecular formula is C15H22ClN5O. The molecule has 0 aliphatic heterocycles. The van der Waals surface area contributed by atoms with E-state index in [-0.39, 0.29) is 6.03 Å². The van der Waals surface area contributed by atoms with Gasteiger partial charge in [0.2, 0.25) is 5.96 Å². The highest BCUT2D eigenvalue weighted by atomic mass is 35.5. The summed E-state index contributed by atoms with van der Waals surface area (Å²) in [6, 6.07) is 5.37. The van der Waals surface area contributed by atoms with Crippen LogP contribution in [0.15, 0.2) is 23.2 Å². The van der Waals surface area contributed by atoms with E-state index >= 15 is 0 Å². The number of amides is 2. The first kappa shape index (κ1) is 16.4. The van der Waals surface area contributed by atoms with E-state index in [1.165, 1.54) is 12.8 Å². The fourth-order valence-electron chi connectivity index (χ4n) is 1.81. The van der Waals surface area contributed by atoms with Gasteiger partial charge in [-0.1, -0.05) is 11.6 Å². The molecule has 3 N–H and O–H groups in total. The van der Waals surface area contributed by atoms with Crippen LogP contribution in [0.3, 0.4) is 0 Å². The van der Waals surface area contributed by atoms with Crippen molar-refractivity contribution in [2.45, 2.75) is 12.8 Å². The molecule has 1 aromatic carbocycles. The third-order valence-electron chi connectivity index (χ3n) is 3.39. The zero-order valence-electron chi connectivity index (χ0n) is 13.1. The Morgan fingerprint density at radius 1 is 1.41 bits per heavy atom. The lowest BCUT2D eigenvalue weighted by Crippen LogP contribution is -2.41. The fourth-order valence-corrected chi connectivity index (χ4v) is 2.03. The molecule has 1 saturated carbocycles. The van der Waals surface area contributed by atoms with Crippen molar-refractivity contribution in [3.8, 4) is 0 Å². The number of carbonyl (C=O) groups is 1. The van der Waals surface area contributed by atoms with E-state index in [0.29, 0.717) is 29.1 Å². The van der Waals surface area contributed by atoms with Crippen molar-refractivity contribution in [3.05, 3.63) is 23.2 Å². The highest BCUT2D eigenvalue weighted by Crippen LogP contribution is 2.29. The predicted molar refractivity (Wildman–Crippen MR) is 92.0 cm³/mol. The molecule has 22 heavy (non-hydrogen) atoms. The molecule has 2 rings (SSSR count). The lowest BCUT2D eigenvalue weighted by molar-refractivity contribution is 0.247. The number of rotatable bonds is 4. The van der Waals surface area contributed by atoms with Crippen LogP contribution in [-0.4, -0.2) is 39.7 Å². The first-order valence-electron chi connectivity index (χ1n) is 7.26. The Balaban J connectivity index is 2.11. The normalized spacial score (nSPS) is 14.5. The summed E-state index contributed by atoms with van der Waals surface area (Å²) >= 11 is 6.29. The molecule has 6 nitrogen and oxygen atoms in total. The van der Waals surface area contributed by atoms with E-state index in [9.17, 15) is 4.79 Å². The van der Waals surface area contributed by atoms with Crippen molar-refractivity contribution in [3.63, 3.8) is 0 Å². The number of nitrogens with one attached hydrogen (secondary N) is 3. The van der Waals surface area contributed by atoms with E-state index in [2.05, 4.69) is 20.9 Å². The maximum Gasteiger partial charge on any atom is 0.321 e. The Hall–Kier alpha value is -1.95. The monoisotopic (exact) mass is 323 g/mol. The Kier molecular flexibility index (Phi) is 5.49. The molecule has 1 aliphatic carbocycles. The first-order chi connectivity index (χ1) is 10.5. The van der Waals surface area contributed by atoms with Crippen LogP contribution < -0.4 is 20.9 Å². The standard InChI is InChI=1S/C15H22ClN5O/c1-17-15(22)20-14(18-9-10-4-5-10)19-13-7-6-11(21(2)3)8-12(13)16/h6-8,10H,4-5,9H2,1-3H3,(H3,17,18,19,20,22). The van der Waals surface area contributed by atoms with Crippen LogP contribution in [0.5, 0.6) is 0 Å². The van der Waals surface area contributed by atoms with Crippen LogP contribution in [0.1, 0.15) is 12.8 Å². The minimum Gasteiger partial charge on any atom is -0.378 e. The van der Waals surface area contributed by atoms with Gasteiger partial charge in [-0.15, -0.1) is 0 Å². The topological polar surface area (TPSA) is 68.8 Å². The second kappa shape index (κ2) is 7.35. The maximum absolute atomic E-state index is 11.5. The number of hydrogen-bond acceptors (Lipinski definition) is 3. The number of guanidine groups is 1. The van der Waals surface area contributed by atoms with E-state index in [1.807, 2.05) is 37.2 Å². The predicted octanol–water partition coefficient (Wildman–Crippen LogP) is 2.51. The van der Waals surface area contributed by atoms with Crippen molar-refractivity contribution < 1.29 is 4.79 Å². The van der Waals surface area contributed by atoms with Crippen LogP contribution >= 0.6 is 11.6 Å². The van der Waals surface area contributed by atoms with Crippen molar-refractivity contribution in [2.75, 3.05) is 37.9 Å². The molecule has 1 aromatic rings. The summed E-state index contributed by atoms with van der Waals surface area (Å²) in [6.07, 6.45) is 2.41. The van der Waals surface area contributed by atoms with Crippen LogP contribution in [0.4, 0.5) is 16.2 Å². The van der Waals surface area contributed by atoms with Gasteiger partial charge in [0.1, 0.15) is 0 Å². The zero-order valence-corrected chi connectivity index (χ0v) is 13.9. The second-order valence-corrected chi connectivity index (χ2v) is 5.93. The van der Waals surface area contributed by atoms with Gasteiger partial charge in [0.05, 0.1) is 10.7 Å². The summed E-state index contributed by atoms with van der Waals surface area (Å²) in [5, 5.41) is 8.86. The Morgan fingerprint density at radius 3 is 2.68 bits per heavy atom. The second-order valence-electron chi connectivity index (χ2n) is 5.52. The van der Waals surface area contributed by atoms with Crippen molar-refractivity contribution in [2.24, 2.45) is 10.9 Å². The van der Waals surface area contributed by atoms with Crippen molar-refractivity contribution >= 4 is 35.0 Å². The zero-order chi connectivity index (χ0) is 16.1. The number of anilines is 2. The Labute approximate surface area is 135 Å². The first-order valence-corrected chi connectivity index (χ1v) is 7.64. The number of aliphatic imine (C=N–C) groups is 1. The number of nitrogens with zero attached hydrogens (tertiary/aromatic N) is 2. The van der Waals surface area contributed by atoms with E-state index in [4.69, 9.17) is 11.6 Å². The van der Waals surface area contributed by atoms with Gasteiger partial charge in [-0.3, -0.25) is 10.3 Å². The molecule has 1 aliphatic rings. The van der Waals surface area contributed by atoms with Crippen LogP contribution in [-0.2, 0) is 0 Å². The smallest absolute Gasteiger partial charge is 0.321 e. The SMILES string of the molecule is CNC(=O)NC(=NCC1CC1)Nc1ccc(N(C)C)cc1Cl. The van der Waals surface area contributed by atoms with Crippen molar-refractivity contribution in [1.29, 1.82) is 0 Å². The third kappa shape index (κ3) is 4.80. The molecule has 2 amide bonds. The molecular weight excluding hydrogens is 302 g/mol. The average Bonchev–Trinajstić information content (AvgIpc) is 3.30. The van der Waals surface area contributed by atoms with Crippen LogP contribution in [0.25, 0.3) is 0 Å². The molecule has 0 heterocycles. The van der Waals surface area contributed by atoms with Gasteiger partial charge in [-0.25, -0.2) is 4.79 Å². The van der Waals surface area contributed by atoms with E-state index in [1.54, 1.807) is 7.05 Å². The lowest BCUT2D eigenvalue weighted by Gasteiger charge is -2.16. The number of halogens is 1. The molecule has 0 spiro atoms. The van der Waals surface area contributed by atoms with Gasteiger partial charge < -0.3 is 15.5 Å². The largest absolute Gasteiger partial charge is 0.378 e. The number of carbonyl (C=O) groups excluding carboxylic acids is 1. The summed E-state index contributed by atoms with van der Waals surface area (Å²) in [4.78, 5) is 17.9. The summed E-state index contributed by atoms with van der Waals surface area (Å²) in [5.41, 5.74) is 1.71. The molecule has 1 fully saturated rings. The molecule has 0 unspecified atom stereocenters.